The van der Waals surface area contributed by atoms with Gasteiger partial charge in [0, 0.05) is 11.8 Å². The first-order valence-corrected chi connectivity index (χ1v) is 7.52. The predicted octanol–water partition coefficient (Wildman–Crippen LogP) is 3.34. The van der Waals surface area contributed by atoms with Gasteiger partial charge in [0.05, 0.1) is 29.5 Å². The number of benzene rings is 2. The summed E-state index contributed by atoms with van der Waals surface area (Å²) in [5, 5.41) is 29.3. The standard InChI is InChI=1S/C20H14N4/c21-11-16-17(14-7-3-1-4-8-14)18(15-9-5-2-6-10-15)20(12-22,13-23)19(16)24/h1-10,17-18H,24H2/t17-,18-/m0/s1. The molecule has 0 radical (unpaired) electrons. The Morgan fingerprint density at radius 2 is 1.29 bits per heavy atom. The quantitative estimate of drug-likeness (QED) is 0.919. The number of nitriles is 3. The number of rotatable bonds is 2. The van der Waals surface area contributed by atoms with E-state index < -0.39 is 17.3 Å². The molecule has 114 valence electrons. The van der Waals surface area contributed by atoms with E-state index >= 15 is 0 Å². The fourth-order valence-corrected chi connectivity index (χ4v) is 3.50. The maximum atomic E-state index is 9.80. The lowest BCUT2D eigenvalue weighted by Crippen LogP contribution is -2.29. The molecule has 0 fully saturated rings. The molecule has 3 rings (SSSR count). The molecular formula is C20H14N4. The monoisotopic (exact) mass is 310 g/mol. The van der Waals surface area contributed by atoms with Crippen molar-refractivity contribution in [2.45, 2.75) is 11.8 Å². The number of nitrogens with zero attached hydrogens (tertiary/aromatic N) is 3. The second kappa shape index (κ2) is 5.92. The van der Waals surface area contributed by atoms with Gasteiger partial charge < -0.3 is 5.73 Å². The van der Waals surface area contributed by atoms with Crippen LogP contribution in [0.3, 0.4) is 0 Å². The van der Waals surface area contributed by atoms with Gasteiger partial charge in [-0.25, -0.2) is 0 Å². The molecule has 0 spiro atoms. The van der Waals surface area contributed by atoms with Crippen molar-refractivity contribution < 1.29 is 0 Å². The zero-order chi connectivity index (χ0) is 17.2. The largest absolute Gasteiger partial charge is 0.399 e. The molecule has 0 unspecified atom stereocenters. The third kappa shape index (κ3) is 2.04. The molecule has 4 nitrogen and oxygen atoms in total. The van der Waals surface area contributed by atoms with Crippen molar-refractivity contribution in [3.05, 3.63) is 83.1 Å². The molecule has 1 aliphatic carbocycles. The maximum absolute atomic E-state index is 9.80. The van der Waals surface area contributed by atoms with Gasteiger partial charge >= 0.3 is 0 Å². The van der Waals surface area contributed by atoms with Gasteiger partial charge in [0.25, 0.3) is 0 Å². The summed E-state index contributed by atoms with van der Waals surface area (Å²) in [7, 11) is 0. The normalized spacial score (nSPS) is 21.5. The molecular weight excluding hydrogens is 296 g/mol. The van der Waals surface area contributed by atoms with E-state index in [-0.39, 0.29) is 5.70 Å². The summed E-state index contributed by atoms with van der Waals surface area (Å²) >= 11 is 0. The highest BCUT2D eigenvalue weighted by Gasteiger charge is 2.55. The van der Waals surface area contributed by atoms with Gasteiger partial charge in [-0.1, -0.05) is 60.7 Å². The Balaban J connectivity index is 2.31. The van der Waals surface area contributed by atoms with Crippen molar-refractivity contribution in [2.75, 3.05) is 0 Å². The summed E-state index contributed by atoms with van der Waals surface area (Å²) in [5.41, 5.74) is 6.68. The minimum atomic E-state index is -1.55. The van der Waals surface area contributed by atoms with Crippen molar-refractivity contribution in [3.63, 3.8) is 0 Å². The molecule has 0 aliphatic heterocycles. The zero-order valence-electron chi connectivity index (χ0n) is 12.8. The van der Waals surface area contributed by atoms with Crippen molar-refractivity contribution in [2.24, 2.45) is 11.1 Å². The molecule has 0 amide bonds. The first-order chi connectivity index (χ1) is 11.7. The second-order valence-corrected chi connectivity index (χ2v) is 5.75. The van der Waals surface area contributed by atoms with Gasteiger partial charge in [-0.15, -0.1) is 0 Å². The molecule has 2 aromatic rings. The first-order valence-electron chi connectivity index (χ1n) is 7.52. The average molecular weight is 310 g/mol. The Morgan fingerprint density at radius 1 is 0.792 bits per heavy atom. The molecule has 2 atom stereocenters. The van der Waals surface area contributed by atoms with Crippen LogP contribution in [0.2, 0.25) is 0 Å². The predicted molar refractivity (Wildman–Crippen MR) is 88.9 cm³/mol. The van der Waals surface area contributed by atoms with E-state index in [9.17, 15) is 15.8 Å². The Kier molecular flexibility index (Phi) is 3.78. The van der Waals surface area contributed by atoms with E-state index in [1.54, 1.807) is 0 Å². The topological polar surface area (TPSA) is 97.4 Å². The van der Waals surface area contributed by atoms with E-state index in [2.05, 4.69) is 18.2 Å². The second-order valence-electron chi connectivity index (χ2n) is 5.75. The highest BCUT2D eigenvalue weighted by atomic mass is 14.7. The van der Waals surface area contributed by atoms with Gasteiger partial charge in [0.1, 0.15) is 0 Å². The van der Waals surface area contributed by atoms with Gasteiger partial charge in [-0.2, -0.15) is 15.8 Å². The van der Waals surface area contributed by atoms with E-state index in [1.807, 2.05) is 60.7 Å². The van der Waals surface area contributed by atoms with E-state index in [1.165, 1.54) is 0 Å². The van der Waals surface area contributed by atoms with Crippen LogP contribution in [0.5, 0.6) is 0 Å². The lowest BCUT2D eigenvalue weighted by atomic mass is 9.70. The van der Waals surface area contributed by atoms with Crippen LogP contribution in [0.4, 0.5) is 0 Å². The van der Waals surface area contributed by atoms with Crippen molar-refractivity contribution >= 4 is 0 Å². The lowest BCUT2D eigenvalue weighted by Gasteiger charge is -2.28. The fraction of sp³-hybridized carbons (Fsp3) is 0.150. The van der Waals surface area contributed by atoms with E-state index in [4.69, 9.17) is 5.73 Å². The SMILES string of the molecule is N#CC1=C(N)C(C#N)(C#N)[C@@H](c2ccccc2)[C@H]1c1ccccc1. The van der Waals surface area contributed by atoms with Crippen molar-refractivity contribution in [1.82, 2.24) is 0 Å². The van der Waals surface area contributed by atoms with E-state index in [0.29, 0.717) is 5.57 Å². The van der Waals surface area contributed by atoms with Gasteiger partial charge in [0.2, 0.25) is 0 Å². The fourth-order valence-electron chi connectivity index (χ4n) is 3.50. The van der Waals surface area contributed by atoms with Crippen LogP contribution in [0.25, 0.3) is 0 Å². The zero-order valence-corrected chi connectivity index (χ0v) is 12.8. The van der Waals surface area contributed by atoms with Gasteiger partial charge in [0.15, 0.2) is 5.41 Å². The van der Waals surface area contributed by atoms with Crippen molar-refractivity contribution in [3.8, 4) is 18.2 Å². The van der Waals surface area contributed by atoms with Crippen molar-refractivity contribution in [1.29, 1.82) is 15.8 Å². The Bertz CT molecular complexity index is 894. The summed E-state index contributed by atoms with van der Waals surface area (Å²) < 4.78 is 0. The van der Waals surface area contributed by atoms with Crippen LogP contribution in [0.15, 0.2) is 71.9 Å². The summed E-state index contributed by atoms with van der Waals surface area (Å²) in [5.74, 6) is -0.941. The number of hydrogen-bond acceptors (Lipinski definition) is 4. The van der Waals surface area contributed by atoms with Crippen LogP contribution in [-0.2, 0) is 0 Å². The summed E-state index contributed by atoms with van der Waals surface area (Å²) in [6, 6.07) is 25.1. The molecule has 0 bridgehead atoms. The molecule has 4 heteroatoms. The number of nitrogens with two attached hydrogens (primary N) is 1. The highest BCUT2D eigenvalue weighted by molar-refractivity contribution is 5.58. The third-order valence-electron chi connectivity index (χ3n) is 4.62. The number of allylic oxidation sites excluding steroid dienone is 2. The minimum absolute atomic E-state index is 0.0673. The Hall–Kier alpha value is -3.55. The average Bonchev–Trinajstić information content (AvgIpc) is 2.91. The molecule has 0 saturated carbocycles. The smallest absolute Gasteiger partial charge is 0.191 e. The van der Waals surface area contributed by atoms with Gasteiger partial charge in [-0.3, -0.25) is 0 Å². The lowest BCUT2D eigenvalue weighted by molar-refractivity contribution is 0.475. The number of hydrogen-bond donors (Lipinski definition) is 1. The highest BCUT2D eigenvalue weighted by Crippen LogP contribution is 2.57. The maximum Gasteiger partial charge on any atom is 0.191 e. The van der Waals surface area contributed by atoms with Crippen LogP contribution >= 0.6 is 0 Å². The molecule has 24 heavy (non-hydrogen) atoms. The van der Waals surface area contributed by atoms with E-state index in [0.717, 1.165) is 11.1 Å². The molecule has 0 aromatic heterocycles. The Labute approximate surface area is 140 Å². The van der Waals surface area contributed by atoms with Crippen LogP contribution in [0, 0.1) is 39.4 Å². The van der Waals surface area contributed by atoms with Crippen LogP contribution < -0.4 is 5.73 Å². The molecule has 1 aliphatic rings. The van der Waals surface area contributed by atoms with Gasteiger partial charge in [-0.05, 0) is 11.1 Å². The Morgan fingerprint density at radius 3 is 1.75 bits per heavy atom. The molecule has 2 aromatic carbocycles. The third-order valence-corrected chi connectivity index (χ3v) is 4.62. The first kappa shape index (κ1) is 15.3. The summed E-state index contributed by atoms with van der Waals surface area (Å²) in [4.78, 5) is 0. The molecule has 0 saturated heterocycles. The van der Waals surface area contributed by atoms with Crippen LogP contribution in [0.1, 0.15) is 23.0 Å². The molecule has 2 N–H and O–H groups in total. The summed E-state index contributed by atoms with van der Waals surface area (Å²) in [6.07, 6.45) is 0. The van der Waals surface area contributed by atoms with Crippen LogP contribution in [-0.4, -0.2) is 0 Å². The minimum Gasteiger partial charge on any atom is -0.399 e. The summed E-state index contributed by atoms with van der Waals surface area (Å²) in [6.45, 7) is 0. The molecule has 0 heterocycles.